The fourth-order valence-corrected chi connectivity index (χ4v) is 5.10. The van der Waals surface area contributed by atoms with Crippen molar-refractivity contribution >= 4 is 30.1 Å². The van der Waals surface area contributed by atoms with Crippen LogP contribution in [-0.2, 0) is 4.79 Å². The van der Waals surface area contributed by atoms with Gasteiger partial charge >= 0.3 is 0 Å². The lowest BCUT2D eigenvalue weighted by Crippen LogP contribution is -2.50. The number of hydrogen-bond acceptors (Lipinski definition) is 4. The highest BCUT2D eigenvalue weighted by Gasteiger charge is 2.41. The molecule has 28 heavy (non-hydrogen) atoms. The number of nitrogens with zero attached hydrogens (tertiary/aromatic N) is 2. The molecule has 2 bridgehead atoms. The van der Waals surface area contributed by atoms with E-state index in [2.05, 4.69) is 0 Å². The number of hydrogen-bond donors (Lipinski definition) is 1. The van der Waals surface area contributed by atoms with Crippen molar-refractivity contribution in [3.8, 4) is 0 Å². The van der Waals surface area contributed by atoms with Crippen LogP contribution in [0.2, 0.25) is 0 Å². The normalized spacial score (nSPS) is 28.6. The van der Waals surface area contributed by atoms with E-state index in [9.17, 15) is 14.4 Å². The van der Waals surface area contributed by atoms with Gasteiger partial charge in [0.1, 0.15) is 0 Å². The van der Waals surface area contributed by atoms with E-state index in [1.807, 2.05) is 0 Å². The molecule has 2 aliphatic carbocycles. The molecule has 0 saturated heterocycles. The number of likely N-dealkylation sites (N-methyl/N-ethyl adjacent to an activating group) is 1. The number of imide groups is 1. The molecule has 0 spiro atoms. The van der Waals surface area contributed by atoms with Crippen LogP contribution in [-0.4, -0.2) is 53.7 Å². The Kier molecular flexibility index (Phi) is 6.10. The van der Waals surface area contributed by atoms with Crippen LogP contribution in [0, 0.1) is 17.8 Å². The van der Waals surface area contributed by atoms with Gasteiger partial charge in [0.25, 0.3) is 11.8 Å². The van der Waals surface area contributed by atoms with Crippen LogP contribution < -0.4 is 5.73 Å². The van der Waals surface area contributed by atoms with Gasteiger partial charge in [0.05, 0.1) is 11.1 Å². The summed E-state index contributed by atoms with van der Waals surface area (Å²) in [7, 11) is 1.77. The summed E-state index contributed by atoms with van der Waals surface area (Å²) in [4.78, 5) is 40.7. The Bertz CT molecular complexity index is 735. The molecular weight excluding hydrogens is 378 g/mol. The molecule has 152 valence electrons. The Morgan fingerprint density at radius 2 is 1.64 bits per heavy atom. The number of benzene rings is 1. The van der Waals surface area contributed by atoms with Gasteiger partial charge in [0.2, 0.25) is 5.91 Å². The van der Waals surface area contributed by atoms with Gasteiger partial charge in [-0.25, -0.2) is 0 Å². The Balaban J connectivity index is 0.00000225. The number of carbonyl (C=O) groups is 3. The Labute approximate surface area is 171 Å². The smallest absolute Gasteiger partial charge is 0.261 e. The summed E-state index contributed by atoms with van der Waals surface area (Å²) in [6.07, 6.45) is 5.21. The molecule has 2 unspecified atom stereocenters. The molecule has 6 nitrogen and oxygen atoms in total. The molecule has 3 amide bonds. The van der Waals surface area contributed by atoms with Crippen LogP contribution in [0.4, 0.5) is 0 Å². The van der Waals surface area contributed by atoms with Crippen LogP contribution in [0.25, 0.3) is 0 Å². The number of halogens is 1. The van der Waals surface area contributed by atoms with E-state index < -0.39 is 0 Å². The molecule has 2 N–H and O–H groups in total. The van der Waals surface area contributed by atoms with E-state index in [4.69, 9.17) is 5.73 Å². The molecule has 1 aromatic rings. The molecule has 2 fully saturated rings. The summed E-state index contributed by atoms with van der Waals surface area (Å²) in [6.45, 7) is 0.593. The lowest BCUT2D eigenvalue weighted by atomic mass is 9.65. The van der Waals surface area contributed by atoms with E-state index in [0.29, 0.717) is 29.5 Å². The third-order valence-electron chi connectivity index (χ3n) is 6.68. The zero-order chi connectivity index (χ0) is 19.1. The quantitative estimate of drug-likeness (QED) is 0.779. The van der Waals surface area contributed by atoms with Crippen molar-refractivity contribution < 1.29 is 14.4 Å². The van der Waals surface area contributed by atoms with Gasteiger partial charge in [-0.05, 0) is 49.7 Å². The highest BCUT2D eigenvalue weighted by atomic mass is 35.5. The highest BCUT2D eigenvalue weighted by Crippen LogP contribution is 2.42. The summed E-state index contributed by atoms with van der Waals surface area (Å²) in [5.74, 6) is 0.513. The maximum Gasteiger partial charge on any atom is 0.261 e. The monoisotopic (exact) mass is 405 g/mol. The number of nitrogens with two attached hydrogens (primary N) is 1. The van der Waals surface area contributed by atoms with Gasteiger partial charge in [0, 0.05) is 32.1 Å². The Morgan fingerprint density at radius 1 is 1.11 bits per heavy atom. The first kappa shape index (κ1) is 20.8. The molecule has 4 rings (SSSR count). The molecule has 1 aliphatic heterocycles. The van der Waals surface area contributed by atoms with Gasteiger partial charge in [-0.2, -0.15) is 0 Å². The van der Waals surface area contributed by atoms with Gasteiger partial charge in [0.15, 0.2) is 0 Å². The fraction of sp³-hybridized carbons (Fsp3) is 0.571. The third kappa shape index (κ3) is 3.55. The largest absolute Gasteiger partial charge is 0.344 e. The van der Waals surface area contributed by atoms with Crippen molar-refractivity contribution in [3.63, 3.8) is 0 Å². The zero-order valence-corrected chi connectivity index (χ0v) is 17.0. The minimum absolute atomic E-state index is 0. The van der Waals surface area contributed by atoms with E-state index in [1.54, 1.807) is 36.2 Å². The predicted octanol–water partition coefficient (Wildman–Crippen LogP) is 2.32. The average molecular weight is 406 g/mol. The second-order valence-corrected chi connectivity index (χ2v) is 8.26. The van der Waals surface area contributed by atoms with Crippen molar-refractivity contribution in [1.29, 1.82) is 0 Å². The Morgan fingerprint density at radius 3 is 2.18 bits per heavy atom. The molecule has 2 atom stereocenters. The molecule has 1 aromatic carbocycles. The van der Waals surface area contributed by atoms with Crippen molar-refractivity contribution in [2.45, 2.75) is 38.1 Å². The van der Waals surface area contributed by atoms with Crippen molar-refractivity contribution in [2.24, 2.45) is 23.5 Å². The lowest BCUT2D eigenvalue weighted by molar-refractivity contribution is -0.137. The minimum atomic E-state index is -0.269. The van der Waals surface area contributed by atoms with E-state index >= 15 is 0 Å². The third-order valence-corrected chi connectivity index (χ3v) is 6.68. The molecular formula is C21H28ClN3O3. The van der Waals surface area contributed by atoms with Crippen molar-refractivity contribution in [2.75, 3.05) is 20.1 Å². The predicted molar refractivity (Wildman–Crippen MR) is 108 cm³/mol. The maximum atomic E-state index is 12.9. The SMILES string of the molecule is CN(CCN1C(=O)c2ccccc2C1=O)C(=O)C1CC2CCCC(C1)C2N.Cl. The molecule has 2 saturated carbocycles. The maximum absolute atomic E-state index is 12.9. The summed E-state index contributed by atoms with van der Waals surface area (Å²) in [5, 5.41) is 0. The molecule has 7 heteroatoms. The highest BCUT2D eigenvalue weighted by molar-refractivity contribution is 6.21. The summed E-state index contributed by atoms with van der Waals surface area (Å²) in [5.41, 5.74) is 7.23. The first-order chi connectivity index (χ1) is 13.0. The van der Waals surface area contributed by atoms with Crippen LogP contribution in [0.3, 0.4) is 0 Å². The molecule has 1 heterocycles. The van der Waals surface area contributed by atoms with Crippen molar-refractivity contribution in [1.82, 2.24) is 9.80 Å². The molecule has 0 aromatic heterocycles. The first-order valence-electron chi connectivity index (χ1n) is 9.93. The number of amides is 3. The first-order valence-corrected chi connectivity index (χ1v) is 9.93. The average Bonchev–Trinajstić information content (AvgIpc) is 2.90. The number of rotatable bonds is 4. The van der Waals surface area contributed by atoms with Gasteiger partial charge < -0.3 is 10.6 Å². The van der Waals surface area contributed by atoms with Gasteiger partial charge in [-0.15, -0.1) is 12.4 Å². The van der Waals surface area contributed by atoms with Gasteiger partial charge in [-0.3, -0.25) is 19.3 Å². The van der Waals surface area contributed by atoms with Crippen LogP contribution in [0.15, 0.2) is 24.3 Å². The van der Waals surface area contributed by atoms with E-state index in [1.165, 1.54) is 11.3 Å². The topological polar surface area (TPSA) is 83.7 Å². The van der Waals surface area contributed by atoms with Crippen LogP contribution in [0.5, 0.6) is 0 Å². The summed E-state index contributed by atoms with van der Waals surface area (Å²) in [6, 6.07) is 7.11. The number of fused-ring (bicyclic) bond motifs is 3. The fourth-order valence-electron chi connectivity index (χ4n) is 5.10. The summed E-state index contributed by atoms with van der Waals surface area (Å²) >= 11 is 0. The Hall–Kier alpha value is -1.92. The standard InChI is InChI=1S/C21H27N3O3.ClH/c1-23(19(25)15-11-13-5-4-6-14(12-15)18(13)22)9-10-24-20(26)16-7-2-3-8-17(16)21(24)27;/h2-3,7-8,13-15,18H,4-6,9-12,22H2,1H3;1H. The van der Waals surface area contributed by atoms with Crippen LogP contribution in [0.1, 0.15) is 52.8 Å². The van der Waals surface area contributed by atoms with Gasteiger partial charge in [-0.1, -0.05) is 18.6 Å². The molecule has 0 radical (unpaired) electrons. The summed E-state index contributed by atoms with van der Waals surface area (Å²) < 4.78 is 0. The second-order valence-electron chi connectivity index (χ2n) is 8.26. The van der Waals surface area contributed by atoms with Crippen LogP contribution >= 0.6 is 12.4 Å². The van der Waals surface area contributed by atoms with E-state index in [0.717, 1.165) is 25.7 Å². The van der Waals surface area contributed by atoms with Crippen molar-refractivity contribution in [3.05, 3.63) is 35.4 Å². The van der Waals surface area contributed by atoms with E-state index in [-0.39, 0.29) is 48.6 Å². The molecule has 3 aliphatic rings. The number of carbonyl (C=O) groups excluding carboxylic acids is 3. The lowest BCUT2D eigenvalue weighted by Gasteiger charge is -2.44. The minimum Gasteiger partial charge on any atom is -0.344 e. The second kappa shape index (κ2) is 8.21. The zero-order valence-electron chi connectivity index (χ0n) is 16.2.